The Morgan fingerprint density at radius 2 is 1.68 bits per heavy atom. The SMILES string of the molecule is CCC(C(=O)NC1CCCCC1)N(Cc1ccccc1Cl)C(=O)CN(c1cccc(Cl)c1C)S(C)(=O)=O. The second kappa shape index (κ2) is 13.0. The van der Waals surface area contributed by atoms with Crippen molar-refractivity contribution in [1.29, 1.82) is 0 Å². The molecule has 1 aliphatic carbocycles. The highest BCUT2D eigenvalue weighted by atomic mass is 35.5. The van der Waals surface area contributed by atoms with Crippen LogP contribution in [0.25, 0.3) is 0 Å². The summed E-state index contributed by atoms with van der Waals surface area (Å²) in [5.41, 5.74) is 1.54. The molecule has 3 rings (SSSR count). The number of hydrogen-bond donors (Lipinski definition) is 1. The highest BCUT2D eigenvalue weighted by Gasteiger charge is 2.33. The van der Waals surface area contributed by atoms with E-state index in [2.05, 4.69) is 5.32 Å². The van der Waals surface area contributed by atoms with E-state index in [0.717, 1.165) is 42.7 Å². The van der Waals surface area contributed by atoms with Gasteiger partial charge in [-0.2, -0.15) is 0 Å². The molecular weight excluding hydrogens is 533 g/mol. The Labute approximate surface area is 230 Å². The van der Waals surface area contributed by atoms with Crippen LogP contribution in [0.3, 0.4) is 0 Å². The lowest BCUT2D eigenvalue weighted by atomic mass is 9.95. The molecule has 1 unspecified atom stereocenters. The van der Waals surface area contributed by atoms with E-state index in [4.69, 9.17) is 23.2 Å². The third-order valence-corrected chi connectivity index (χ3v) is 8.73. The summed E-state index contributed by atoms with van der Waals surface area (Å²) in [4.78, 5) is 28.7. The molecule has 0 spiro atoms. The third kappa shape index (κ3) is 7.62. The van der Waals surface area contributed by atoms with Crippen molar-refractivity contribution in [2.24, 2.45) is 0 Å². The lowest BCUT2D eigenvalue weighted by Crippen LogP contribution is -2.54. The van der Waals surface area contributed by atoms with Crippen molar-refractivity contribution in [2.45, 2.75) is 71.0 Å². The van der Waals surface area contributed by atoms with E-state index >= 15 is 0 Å². The number of hydrogen-bond acceptors (Lipinski definition) is 4. The molecule has 0 heterocycles. The molecule has 1 saturated carbocycles. The first-order valence-electron chi connectivity index (χ1n) is 12.6. The molecule has 0 aromatic heterocycles. The van der Waals surface area contributed by atoms with Crippen LogP contribution in [0.2, 0.25) is 10.0 Å². The van der Waals surface area contributed by atoms with E-state index in [1.807, 2.05) is 13.0 Å². The lowest BCUT2D eigenvalue weighted by Gasteiger charge is -2.34. The molecule has 1 fully saturated rings. The second-order valence-corrected chi connectivity index (χ2v) is 12.3. The van der Waals surface area contributed by atoms with Crippen LogP contribution in [-0.2, 0) is 26.2 Å². The van der Waals surface area contributed by atoms with Crippen molar-refractivity contribution in [3.8, 4) is 0 Å². The number of amides is 2. The highest BCUT2D eigenvalue weighted by molar-refractivity contribution is 7.92. The Balaban J connectivity index is 1.95. The summed E-state index contributed by atoms with van der Waals surface area (Å²) in [5.74, 6) is -0.741. The smallest absolute Gasteiger partial charge is 0.244 e. The molecule has 1 N–H and O–H groups in total. The van der Waals surface area contributed by atoms with Crippen molar-refractivity contribution in [2.75, 3.05) is 17.1 Å². The molecule has 1 aliphatic rings. The van der Waals surface area contributed by atoms with Crippen molar-refractivity contribution in [1.82, 2.24) is 10.2 Å². The fourth-order valence-electron chi connectivity index (χ4n) is 4.73. The quantitative estimate of drug-likeness (QED) is 0.420. The van der Waals surface area contributed by atoms with Crippen LogP contribution >= 0.6 is 23.2 Å². The van der Waals surface area contributed by atoms with Gasteiger partial charge in [0.05, 0.1) is 11.9 Å². The summed E-state index contributed by atoms with van der Waals surface area (Å²) in [6, 6.07) is 11.3. The molecule has 0 saturated heterocycles. The van der Waals surface area contributed by atoms with E-state index < -0.39 is 28.5 Å². The molecule has 10 heteroatoms. The van der Waals surface area contributed by atoms with Crippen LogP contribution < -0.4 is 9.62 Å². The predicted octanol–water partition coefficient (Wildman–Crippen LogP) is 5.32. The fourth-order valence-corrected chi connectivity index (χ4v) is 6.00. The second-order valence-electron chi connectivity index (χ2n) is 9.53. The topological polar surface area (TPSA) is 86.8 Å². The van der Waals surface area contributed by atoms with Gasteiger partial charge in [0.1, 0.15) is 12.6 Å². The van der Waals surface area contributed by atoms with Crippen LogP contribution in [0.4, 0.5) is 5.69 Å². The number of nitrogens with one attached hydrogen (secondary N) is 1. The van der Waals surface area contributed by atoms with Crippen LogP contribution in [0, 0.1) is 6.92 Å². The highest BCUT2D eigenvalue weighted by Crippen LogP contribution is 2.29. The molecule has 2 aromatic rings. The zero-order valence-electron chi connectivity index (χ0n) is 21.5. The van der Waals surface area contributed by atoms with Gasteiger partial charge in [-0.15, -0.1) is 0 Å². The van der Waals surface area contributed by atoms with Gasteiger partial charge in [-0.1, -0.05) is 73.7 Å². The maximum atomic E-state index is 13.8. The summed E-state index contributed by atoms with van der Waals surface area (Å²) >= 11 is 12.7. The van der Waals surface area contributed by atoms with Gasteiger partial charge in [0.15, 0.2) is 0 Å². The van der Waals surface area contributed by atoms with Crippen molar-refractivity contribution < 1.29 is 18.0 Å². The van der Waals surface area contributed by atoms with Crippen LogP contribution in [0.5, 0.6) is 0 Å². The van der Waals surface area contributed by atoms with Crippen molar-refractivity contribution in [3.05, 3.63) is 63.6 Å². The number of benzene rings is 2. The van der Waals surface area contributed by atoms with Crippen LogP contribution in [0.1, 0.15) is 56.6 Å². The van der Waals surface area contributed by atoms with E-state index in [1.54, 1.807) is 43.3 Å². The van der Waals surface area contributed by atoms with Gasteiger partial charge in [-0.05, 0) is 55.5 Å². The Hall–Kier alpha value is -2.29. The van der Waals surface area contributed by atoms with Crippen molar-refractivity contribution in [3.63, 3.8) is 0 Å². The maximum Gasteiger partial charge on any atom is 0.244 e. The van der Waals surface area contributed by atoms with Gasteiger partial charge in [-0.3, -0.25) is 13.9 Å². The molecule has 2 amide bonds. The van der Waals surface area contributed by atoms with E-state index in [9.17, 15) is 18.0 Å². The normalized spacial score (nSPS) is 15.2. The zero-order chi connectivity index (χ0) is 27.2. The summed E-state index contributed by atoms with van der Waals surface area (Å²) in [7, 11) is -3.84. The molecule has 0 aliphatic heterocycles. The summed E-state index contributed by atoms with van der Waals surface area (Å²) in [6.07, 6.45) is 6.52. The Bertz CT molecular complexity index is 1220. The lowest BCUT2D eigenvalue weighted by molar-refractivity contribution is -0.140. The fraction of sp³-hybridized carbons (Fsp3) is 0.481. The predicted molar refractivity (Wildman–Crippen MR) is 149 cm³/mol. The van der Waals surface area contributed by atoms with E-state index in [1.165, 1.54) is 4.90 Å². The number of carbonyl (C=O) groups is 2. The number of rotatable bonds is 10. The molecule has 7 nitrogen and oxygen atoms in total. The van der Waals surface area contributed by atoms with E-state index in [0.29, 0.717) is 33.3 Å². The third-order valence-electron chi connectivity index (χ3n) is 6.82. The Kier molecular flexibility index (Phi) is 10.3. The Morgan fingerprint density at radius 3 is 2.30 bits per heavy atom. The first-order valence-corrected chi connectivity index (χ1v) is 15.2. The number of anilines is 1. The van der Waals surface area contributed by atoms with Gasteiger partial charge >= 0.3 is 0 Å². The molecule has 2 aromatic carbocycles. The van der Waals surface area contributed by atoms with Gasteiger partial charge in [0, 0.05) is 22.6 Å². The van der Waals surface area contributed by atoms with Crippen LogP contribution in [0.15, 0.2) is 42.5 Å². The average molecular weight is 569 g/mol. The molecule has 0 bridgehead atoms. The molecule has 37 heavy (non-hydrogen) atoms. The van der Waals surface area contributed by atoms with E-state index in [-0.39, 0.29) is 18.5 Å². The number of nitrogens with zero attached hydrogens (tertiary/aromatic N) is 2. The zero-order valence-corrected chi connectivity index (χ0v) is 23.9. The Morgan fingerprint density at radius 1 is 1.03 bits per heavy atom. The first-order chi connectivity index (χ1) is 17.5. The number of carbonyl (C=O) groups excluding carboxylic acids is 2. The molecular formula is C27H35Cl2N3O4S. The molecule has 202 valence electrons. The van der Waals surface area contributed by atoms with Gasteiger partial charge in [-0.25, -0.2) is 8.42 Å². The minimum absolute atomic E-state index is 0.0707. The average Bonchev–Trinajstić information content (AvgIpc) is 2.85. The molecule has 0 radical (unpaired) electrons. The largest absolute Gasteiger partial charge is 0.352 e. The van der Waals surface area contributed by atoms with Gasteiger partial charge in [0.25, 0.3) is 0 Å². The van der Waals surface area contributed by atoms with Gasteiger partial charge < -0.3 is 10.2 Å². The summed E-state index contributed by atoms with van der Waals surface area (Å²) in [5, 5.41) is 3.98. The van der Waals surface area contributed by atoms with Gasteiger partial charge in [0.2, 0.25) is 21.8 Å². The first kappa shape index (κ1) is 29.3. The molecule has 1 atom stereocenters. The number of sulfonamides is 1. The minimum atomic E-state index is -3.84. The summed E-state index contributed by atoms with van der Waals surface area (Å²) in [6.45, 7) is 3.14. The standard InChI is InChI=1S/C27H35Cl2N3O4S/c1-4-24(27(34)30-21-12-6-5-7-13-21)31(17-20-11-8-9-14-23(20)29)26(33)18-32(37(3,35)36)25-16-10-15-22(28)19(25)2/h8-11,14-16,21,24H,4-7,12-13,17-18H2,1-3H3,(H,30,34). The minimum Gasteiger partial charge on any atom is -0.352 e. The van der Waals surface area contributed by atoms with Crippen LogP contribution in [-0.4, -0.2) is 50.0 Å². The number of halogens is 2. The van der Waals surface area contributed by atoms with Crippen molar-refractivity contribution >= 4 is 50.7 Å². The maximum absolute atomic E-state index is 13.8. The monoisotopic (exact) mass is 567 g/mol. The summed E-state index contributed by atoms with van der Waals surface area (Å²) < 4.78 is 26.7.